The molecule has 162 valence electrons. The van der Waals surface area contributed by atoms with Crippen molar-refractivity contribution >= 4 is 11.8 Å². The summed E-state index contributed by atoms with van der Waals surface area (Å²) in [4.78, 5) is 10.9. The van der Waals surface area contributed by atoms with Crippen molar-refractivity contribution in [3.63, 3.8) is 0 Å². The second kappa shape index (κ2) is 10.7. The highest BCUT2D eigenvalue weighted by atomic mass is 19.3. The maximum absolute atomic E-state index is 12.5. The Morgan fingerprint density at radius 3 is 2.77 bits per heavy atom. The lowest BCUT2D eigenvalue weighted by Gasteiger charge is -2.32. The van der Waals surface area contributed by atoms with E-state index in [2.05, 4.69) is 37.2 Å². The molecule has 1 aromatic carbocycles. The number of pyridine rings is 1. The topological polar surface area (TPSA) is 71.0 Å². The number of aliphatic imine (C=N–C) groups is 1. The van der Waals surface area contributed by atoms with Gasteiger partial charge >= 0.3 is 6.61 Å². The smallest absolute Gasteiger partial charge is 0.387 e. The number of guanidine groups is 1. The van der Waals surface area contributed by atoms with E-state index in [1.807, 2.05) is 18.3 Å². The molecule has 1 atom stereocenters. The van der Waals surface area contributed by atoms with Gasteiger partial charge in [0.25, 0.3) is 0 Å². The van der Waals surface area contributed by atoms with E-state index in [0.717, 1.165) is 24.5 Å². The molecule has 0 amide bonds. The van der Waals surface area contributed by atoms with Gasteiger partial charge in [-0.2, -0.15) is 8.78 Å². The summed E-state index contributed by atoms with van der Waals surface area (Å²) in [5, 5.41) is 6.31. The molecular weight excluding hydrogens is 392 g/mol. The normalized spacial score (nSPS) is 17.2. The predicted octanol–water partition coefficient (Wildman–Crippen LogP) is 2.77. The van der Waals surface area contributed by atoms with Crippen molar-refractivity contribution in [2.24, 2.45) is 4.99 Å². The zero-order chi connectivity index (χ0) is 21.3. The maximum Gasteiger partial charge on any atom is 0.387 e. The van der Waals surface area contributed by atoms with Crippen molar-refractivity contribution in [3.05, 3.63) is 53.7 Å². The lowest BCUT2D eigenvalue weighted by atomic mass is 10.2. The summed E-state index contributed by atoms with van der Waals surface area (Å²) in [7, 11) is 1.65. The highest BCUT2D eigenvalue weighted by Gasteiger charge is 2.17. The van der Waals surface area contributed by atoms with Crippen LogP contribution in [0.1, 0.15) is 18.1 Å². The van der Waals surface area contributed by atoms with Gasteiger partial charge in [-0.3, -0.25) is 4.99 Å². The minimum Gasteiger partial charge on any atom is -0.434 e. The second-order valence-electron chi connectivity index (χ2n) is 6.92. The van der Waals surface area contributed by atoms with Crippen molar-refractivity contribution in [2.45, 2.75) is 32.7 Å². The molecule has 1 fully saturated rings. The number of benzene rings is 1. The number of rotatable bonds is 7. The third-order valence-corrected chi connectivity index (χ3v) is 4.69. The van der Waals surface area contributed by atoms with Gasteiger partial charge in [-0.05, 0) is 24.6 Å². The van der Waals surface area contributed by atoms with Gasteiger partial charge in [0.1, 0.15) is 11.6 Å². The number of aromatic nitrogens is 1. The average molecular weight is 419 g/mol. The van der Waals surface area contributed by atoms with Gasteiger partial charge < -0.3 is 25.0 Å². The molecule has 7 nitrogen and oxygen atoms in total. The van der Waals surface area contributed by atoms with Crippen LogP contribution in [-0.2, 0) is 17.8 Å². The van der Waals surface area contributed by atoms with Crippen molar-refractivity contribution in [2.75, 3.05) is 31.6 Å². The van der Waals surface area contributed by atoms with Gasteiger partial charge in [0, 0.05) is 45.0 Å². The third-order valence-electron chi connectivity index (χ3n) is 4.69. The van der Waals surface area contributed by atoms with Crippen LogP contribution in [0, 0.1) is 0 Å². The summed E-state index contributed by atoms with van der Waals surface area (Å²) in [6, 6.07) is 10.7. The molecular formula is C21H27F2N5O2. The molecule has 0 radical (unpaired) electrons. The van der Waals surface area contributed by atoms with Crippen molar-refractivity contribution < 1.29 is 18.3 Å². The van der Waals surface area contributed by atoms with Crippen LogP contribution in [0.25, 0.3) is 0 Å². The van der Waals surface area contributed by atoms with Gasteiger partial charge in [-0.25, -0.2) is 4.98 Å². The standard InChI is InChI=1S/C21H27F2N5O2/c1-15-14-28(9-10-29-15)19-8-7-16(11-25-19)12-26-21(24-2)27-13-17-5-3-4-6-18(17)30-20(22)23/h3-8,11,15,20H,9-10,12-14H2,1-2H3,(H2,24,26,27). The lowest BCUT2D eigenvalue weighted by molar-refractivity contribution is -0.0504. The zero-order valence-corrected chi connectivity index (χ0v) is 17.1. The molecule has 0 saturated carbocycles. The van der Waals surface area contributed by atoms with Gasteiger partial charge in [0.05, 0.1) is 12.7 Å². The molecule has 1 unspecified atom stereocenters. The van der Waals surface area contributed by atoms with Crippen LogP contribution in [-0.4, -0.2) is 50.4 Å². The Morgan fingerprint density at radius 1 is 1.27 bits per heavy atom. The number of ether oxygens (including phenoxy) is 2. The molecule has 9 heteroatoms. The largest absolute Gasteiger partial charge is 0.434 e. The fourth-order valence-corrected chi connectivity index (χ4v) is 3.18. The van der Waals surface area contributed by atoms with Gasteiger partial charge in [0.2, 0.25) is 0 Å². The van der Waals surface area contributed by atoms with E-state index in [1.165, 1.54) is 6.07 Å². The first-order chi connectivity index (χ1) is 14.5. The van der Waals surface area contributed by atoms with Crippen LogP contribution < -0.4 is 20.3 Å². The third kappa shape index (κ3) is 6.28. The van der Waals surface area contributed by atoms with Crippen LogP contribution in [0.15, 0.2) is 47.6 Å². The number of nitrogens with zero attached hydrogens (tertiary/aromatic N) is 3. The van der Waals surface area contributed by atoms with Gasteiger partial charge in [-0.1, -0.05) is 24.3 Å². The summed E-state index contributed by atoms with van der Waals surface area (Å²) in [6.07, 6.45) is 2.04. The Morgan fingerprint density at radius 2 is 2.07 bits per heavy atom. The molecule has 0 bridgehead atoms. The molecule has 3 rings (SSSR count). The summed E-state index contributed by atoms with van der Waals surface area (Å²) >= 11 is 0. The van der Waals surface area contributed by atoms with Crippen molar-refractivity contribution in [3.8, 4) is 5.75 Å². The Balaban J connectivity index is 1.51. The number of anilines is 1. The molecule has 2 heterocycles. The molecule has 1 saturated heterocycles. The van der Waals surface area contributed by atoms with E-state index in [4.69, 9.17) is 4.74 Å². The monoisotopic (exact) mass is 419 g/mol. The van der Waals surface area contributed by atoms with E-state index < -0.39 is 6.61 Å². The fraction of sp³-hybridized carbons (Fsp3) is 0.429. The fourth-order valence-electron chi connectivity index (χ4n) is 3.18. The van der Waals surface area contributed by atoms with Crippen LogP contribution in [0.5, 0.6) is 5.75 Å². The Kier molecular flexibility index (Phi) is 7.78. The quantitative estimate of drug-likeness (QED) is 0.531. The number of morpholine rings is 1. The van der Waals surface area contributed by atoms with E-state index in [0.29, 0.717) is 31.2 Å². The number of para-hydroxylation sites is 1. The first-order valence-electron chi connectivity index (χ1n) is 9.84. The molecule has 30 heavy (non-hydrogen) atoms. The van der Waals surface area contributed by atoms with E-state index in [9.17, 15) is 8.78 Å². The number of hydrogen-bond acceptors (Lipinski definition) is 5. The molecule has 1 aromatic heterocycles. The van der Waals surface area contributed by atoms with E-state index in [-0.39, 0.29) is 11.9 Å². The number of halogens is 2. The molecule has 0 aliphatic carbocycles. The van der Waals surface area contributed by atoms with Gasteiger partial charge in [0.15, 0.2) is 5.96 Å². The second-order valence-corrected chi connectivity index (χ2v) is 6.92. The molecule has 2 N–H and O–H groups in total. The summed E-state index contributed by atoms with van der Waals surface area (Å²) in [6.45, 7) is 2.40. The van der Waals surface area contributed by atoms with Crippen LogP contribution in [0.3, 0.4) is 0 Å². The zero-order valence-electron chi connectivity index (χ0n) is 17.1. The highest BCUT2D eigenvalue weighted by molar-refractivity contribution is 5.79. The maximum atomic E-state index is 12.5. The van der Waals surface area contributed by atoms with Crippen LogP contribution >= 0.6 is 0 Å². The van der Waals surface area contributed by atoms with Crippen molar-refractivity contribution in [1.29, 1.82) is 0 Å². The molecule has 1 aliphatic heterocycles. The Bertz CT molecular complexity index is 832. The summed E-state index contributed by atoms with van der Waals surface area (Å²) < 4.78 is 35.2. The first kappa shape index (κ1) is 21.8. The Labute approximate surface area is 175 Å². The minimum absolute atomic E-state index is 0.146. The highest BCUT2D eigenvalue weighted by Crippen LogP contribution is 2.20. The SMILES string of the molecule is CN=C(NCc1ccc(N2CCOC(C)C2)nc1)NCc1ccccc1OC(F)F. The molecule has 0 spiro atoms. The summed E-state index contributed by atoms with van der Waals surface area (Å²) in [5.41, 5.74) is 1.62. The predicted molar refractivity (Wildman–Crippen MR) is 112 cm³/mol. The molecule has 2 aromatic rings. The Hall–Kier alpha value is -2.94. The van der Waals surface area contributed by atoms with Gasteiger partial charge in [-0.15, -0.1) is 0 Å². The van der Waals surface area contributed by atoms with Crippen LogP contribution in [0.2, 0.25) is 0 Å². The molecule has 1 aliphatic rings. The van der Waals surface area contributed by atoms with Crippen LogP contribution in [0.4, 0.5) is 14.6 Å². The lowest BCUT2D eigenvalue weighted by Crippen LogP contribution is -2.41. The number of alkyl halides is 2. The van der Waals surface area contributed by atoms with E-state index >= 15 is 0 Å². The minimum atomic E-state index is -2.86. The summed E-state index contributed by atoms with van der Waals surface area (Å²) in [5.74, 6) is 1.63. The number of hydrogen-bond donors (Lipinski definition) is 2. The average Bonchev–Trinajstić information content (AvgIpc) is 2.75. The van der Waals surface area contributed by atoms with Crippen molar-refractivity contribution in [1.82, 2.24) is 15.6 Å². The number of nitrogens with one attached hydrogen (secondary N) is 2. The first-order valence-corrected chi connectivity index (χ1v) is 9.84. The van der Waals surface area contributed by atoms with E-state index in [1.54, 1.807) is 25.2 Å².